The van der Waals surface area contributed by atoms with E-state index in [-0.39, 0.29) is 40.8 Å². The third-order valence-corrected chi connectivity index (χ3v) is 11.1. The molecule has 4 aliphatic heterocycles. The molecule has 14 heteroatoms. The molecule has 0 saturated carbocycles. The van der Waals surface area contributed by atoms with Crippen molar-refractivity contribution in [2.24, 2.45) is 17.6 Å². The minimum atomic E-state index is -1.10. The van der Waals surface area contributed by atoms with Crippen LogP contribution in [0.2, 0.25) is 0 Å². The fourth-order valence-electron chi connectivity index (χ4n) is 6.33. The summed E-state index contributed by atoms with van der Waals surface area (Å²) in [6, 6.07) is -0.631. The molecule has 0 bridgehead atoms. The number of aliphatic hydroxyl groups excluding tert-OH is 1. The molecule has 6 N–H and O–H groups in total. The van der Waals surface area contributed by atoms with E-state index in [4.69, 9.17) is 5.73 Å². The fourth-order valence-corrected chi connectivity index (χ4v) is 8.87. The topological polar surface area (TPSA) is 169 Å². The van der Waals surface area contributed by atoms with Gasteiger partial charge in [0, 0.05) is 59.7 Å². The van der Waals surface area contributed by atoms with E-state index in [9.17, 15) is 29.4 Å². The highest BCUT2D eigenvalue weighted by atomic mass is 32.2. The molecule has 3 saturated heterocycles. The van der Waals surface area contributed by atoms with Gasteiger partial charge in [0.15, 0.2) is 0 Å². The summed E-state index contributed by atoms with van der Waals surface area (Å²) in [5.74, 6) is -0.481. The second-order valence-corrected chi connectivity index (χ2v) is 13.9. The molecule has 41 heavy (non-hydrogen) atoms. The number of carbonyl (C=O) groups excluding carboxylic acids is 3. The largest absolute Gasteiger partial charge is 0.477 e. The molecule has 0 radical (unpaired) electrons. The molecule has 4 rings (SSSR count). The molecule has 0 aliphatic carbocycles. The summed E-state index contributed by atoms with van der Waals surface area (Å²) in [6.07, 6.45) is 3.97. The van der Waals surface area contributed by atoms with Crippen LogP contribution in [-0.4, -0.2) is 123 Å². The van der Waals surface area contributed by atoms with Gasteiger partial charge in [-0.15, -0.1) is 11.8 Å². The normalized spacial score (nSPS) is 28.8. The van der Waals surface area contributed by atoms with Gasteiger partial charge >= 0.3 is 12.0 Å². The number of hydrogen-bond donors (Lipinski definition) is 5. The van der Waals surface area contributed by atoms with E-state index in [0.29, 0.717) is 31.9 Å². The number of nitrogens with zero attached hydrogens (tertiary/aromatic N) is 3. The standard InChI is InChI=1S/C27H44N6O6S2/c1-16-22-21(17(2)34)25(36)33(22)23(26(37)38)24(16)41-19-12-18(30-13-19)14-40-11-6-20(35)32(10-7-29-27(28)39)15-31-8-4-3-5-9-31/h16-19,21-22,30,34H,3-15H2,1-2H3,(H,37,38)(H3,28,29,39)/t16-,17-,18+,19+,21-,22-/m1/s1. The van der Waals surface area contributed by atoms with E-state index in [1.165, 1.54) is 11.3 Å². The molecule has 0 aromatic rings. The Morgan fingerprint density at radius 1 is 1.24 bits per heavy atom. The van der Waals surface area contributed by atoms with Crippen LogP contribution in [0.4, 0.5) is 4.79 Å². The average Bonchev–Trinajstić information content (AvgIpc) is 3.46. The van der Waals surface area contributed by atoms with E-state index < -0.39 is 24.0 Å². The molecule has 0 unspecified atom stereocenters. The number of likely N-dealkylation sites (tertiary alicyclic amines) is 1. The van der Waals surface area contributed by atoms with Crippen molar-refractivity contribution in [3.05, 3.63) is 10.6 Å². The quantitative estimate of drug-likeness (QED) is 0.139. The first kappa shape index (κ1) is 31.9. The lowest BCUT2D eigenvalue weighted by atomic mass is 9.79. The predicted molar refractivity (Wildman–Crippen MR) is 159 cm³/mol. The third kappa shape index (κ3) is 7.70. The van der Waals surface area contributed by atoms with Crippen LogP contribution in [0.3, 0.4) is 0 Å². The maximum absolute atomic E-state index is 13.0. The number of aliphatic carboxylic acids is 1. The number of aliphatic hydroxyl groups is 1. The van der Waals surface area contributed by atoms with Crippen LogP contribution in [0.1, 0.15) is 46.0 Å². The number of rotatable bonds is 14. The lowest BCUT2D eigenvalue weighted by Crippen LogP contribution is -2.63. The maximum Gasteiger partial charge on any atom is 0.353 e. The lowest BCUT2D eigenvalue weighted by Gasteiger charge is -2.46. The Morgan fingerprint density at radius 3 is 2.63 bits per heavy atom. The molecule has 6 atom stereocenters. The Balaban J connectivity index is 1.22. The van der Waals surface area contributed by atoms with E-state index in [1.807, 2.05) is 11.8 Å². The van der Waals surface area contributed by atoms with Crippen LogP contribution in [0.15, 0.2) is 10.6 Å². The number of urea groups is 1. The molecule has 4 heterocycles. The number of carboxylic acid groups (broad SMARTS) is 1. The first-order chi connectivity index (χ1) is 19.6. The van der Waals surface area contributed by atoms with Gasteiger partial charge in [-0.3, -0.25) is 14.5 Å². The van der Waals surface area contributed by atoms with Crippen molar-refractivity contribution in [2.45, 2.75) is 69.4 Å². The zero-order valence-corrected chi connectivity index (χ0v) is 25.6. The number of piperidine rings is 1. The van der Waals surface area contributed by atoms with Gasteiger partial charge in [0.2, 0.25) is 11.8 Å². The Hall–Kier alpha value is -2.00. The van der Waals surface area contributed by atoms with Crippen molar-refractivity contribution in [2.75, 3.05) is 50.9 Å². The molecule has 12 nitrogen and oxygen atoms in total. The minimum absolute atomic E-state index is 0.0696. The summed E-state index contributed by atoms with van der Waals surface area (Å²) in [6.45, 7) is 7.57. The van der Waals surface area contributed by atoms with Gasteiger partial charge < -0.3 is 36.4 Å². The van der Waals surface area contributed by atoms with Crippen molar-refractivity contribution in [3.63, 3.8) is 0 Å². The Morgan fingerprint density at radius 2 is 1.98 bits per heavy atom. The molecule has 4 amide bonds. The average molecular weight is 613 g/mol. The highest BCUT2D eigenvalue weighted by Crippen LogP contribution is 2.51. The van der Waals surface area contributed by atoms with Crippen LogP contribution in [0.5, 0.6) is 0 Å². The van der Waals surface area contributed by atoms with Crippen LogP contribution in [-0.2, 0) is 14.4 Å². The van der Waals surface area contributed by atoms with Crippen LogP contribution >= 0.6 is 23.5 Å². The number of fused-ring (bicyclic) bond motifs is 1. The SMILES string of the molecule is C[C@@H](O)[C@H]1C(=O)N2C(C(=O)O)=C(S[C@@H]3CN[C@H](CSCCC(=O)N(CCNC(N)=O)CN4CCCCC4)C3)[C@H](C)[C@H]12. The van der Waals surface area contributed by atoms with E-state index >= 15 is 0 Å². The van der Waals surface area contributed by atoms with Crippen molar-refractivity contribution in [1.82, 2.24) is 25.3 Å². The smallest absolute Gasteiger partial charge is 0.353 e. The van der Waals surface area contributed by atoms with Gasteiger partial charge in [-0.2, -0.15) is 11.8 Å². The highest BCUT2D eigenvalue weighted by Gasteiger charge is 2.60. The second kappa shape index (κ2) is 14.5. The number of β-lactam (4-membered cyclic amide) rings is 1. The summed E-state index contributed by atoms with van der Waals surface area (Å²) < 4.78 is 0. The van der Waals surface area contributed by atoms with Crippen molar-refractivity contribution in [3.8, 4) is 0 Å². The van der Waals surface area contributed by atoms with Gasteiger partial charge in [-0.25, -0.2) is 9.59 Å². The summed E-state index contributed by atoms with van der Waals surface area (Å²) in [5.41, 5.74) is 5.26. The summed E-state index contributed by atoms with van der Waals surface area (Å²) in [7, 11) is 0. The number of thioether (sulfide) groups is 2. The van der Waals surface area contributed by atoms with E-state index in [1.54, 1.807) is 30.4 Å². The van der Waals surface area contributed by atoms with Gasteiger partial charge in [0.1, 0.15) is 5.70 Å². The van der Waals surface area contributed by atoms with Crippen LogP contribution in [0.25, 0.3) is 0 Å². The summed E-state index contributed by atoms with van der Waals surface area (Å²) in [4.78, 5) is 55.0. The second-order valence-electron chi connectivity index (χ2n) is 11.4. The Bertz CT molecular complexity index is 1020. The molecular weight excluding hydrogens is 568 g/mol. The van der Waals surface area contributed by atoms with Gasteiger partial charge in [0.05, 0.1) is 24.7 Å². The number of carbonyl (C=O) groups is 4. The Kier molecular flexibility index (Phi) is 11.3. The van der Waals surface area contributed by atoms with Crippen molar-refractivity contribution in [1.29, 1.82) is 0 Å². The number of carboxylic acids is 1. The summed E-state index contributed by atoms with van der Waals surface area (Å²) in [5, 5.41) is 26.2. The monoisotopic (exact) mass is 612 g/mol. The van der Waals surface area contributed by atoms with Gasteiger partial charge in [0.25, 0.3) is 0 Å². The first-order valence-corrected chi connectivity index (χ1v) is 16.6. The zero-order chi connectivity index (χ0) is 29.7. The van der Waals surface area contributed by atoms with Gasteiger partial charge in [-0.1, -0.05) is 13.3 Å². The zero-order valence-electron chi connectivity index (χ0n) is 23.9. The minimum Gasteiger partial charge on any atom is -0.477 e. The maximum atomic E-state index is 13.0. The lowest BCUT2D eigenvalue weighted by molar-refractivity contribution is -0.163. The highest BCUT2D eigenvalue weighted by molar-refractivity contribution is 8.03. The molecule has 3 fully saturated rings. The molecule has 0 spiro atoms. The first-order valence-electron chi connectivity index (χ1n) is 14.6. The molecule has 4 aliphatic rings. The molecular formula is C27H44N6O6S2. The van der Waals surface area contributed by atoms with Crippen LogP contribution in [0, 0.1) is 11.8 Å². The van der Waals surface area contributed by atoms with E-state index in [0.717, 1.165) is 49.6 Å². The molecule has 0 aromatic heterocycles. The molecule has 0 aromatic carbocycles. The van der Waals surface area contributed by atoms with Crippen molar-refractivity contribution < 1.29 is 29.4 Å². The fraction of sp³-hybridized carbons (Fsp3) is 0.778. The number of hydrogen-bond acceptors (Lipinski definition) is 9. The predicted octanol–water partition coefficient (Wildman–Crippen LogP) is 0.667. The molecule has 230 valence electrons. The Labute approximate surface area is 250 Å². The van der Waals surface area contributed by atoms with E-state index in [2.05, 4.69) is 15.5 Å². The number of nitrogens with one attached hydrogen (secondary N) is 2. The number of nitrogens with two attached hydrogens (primary N) is 1. The summed E-state index contributed by atoms with van der Waals surface area (Å²) >= 11 is 3.27. The van der Waals surface area contributed by atoms with Crippen molar-refractivity contribution >= 4 is 47.3 Å². The van der Waals surface area contributed by atoms with Crippen LogP contribution < -0.4 is 16.4 Å². The number of amides is 4. The number of primary amides is 1. The van der Waals surface area contributed by atoms with Gasteiger partial charge in [-0.05, 0) is 39.3 Å². The third-order valence-electron chi connectivity index (χ3n) is 8.42.